The molecule has 2 fully saturated rings. The van der Waals surface area contributed by atoms with Crippen LogP contribution in [0.5, 0.6) is 0 Å². The molecule has 2 aliphatic rings. The van der Waals surface area contributed by atoms with Gasteiger partial charge in [-0.2, -0.15) is 0 Å². The Morgan fingerprint density at radius 2 is 2.52 bits per heavy atom. The maximum Gasteiger partial charge on any atom is 0.227 e. The van der Waals surface area contributed by atoms with Crippen LogP contribution in [0.2, 0.25) is 0 Å². The third-order valence-corrected chi connectivity index (χ3v) is 5.55. The third-order valence-electron chi connectivity index (χ3n) is 4.68. The molecule has 4 nitrogen and oxygen atoms in total. The molecule has 0 aliphatic carbocycles. The zero-order valence-electron chi connectivity index (χ0n) is 12.5. The highest BCUT2D eigenvalue weighted by atomic mass is 32.1. The number of amides is 1. The number of piperidine rings is 1. The van der Waals surface area contributed by atoms with Crippen molar-refractivity contribution in [2.45, 2.75) is 31.8 Å². The summed E-state index contributed by atoms with van der Waals surface area (Å²) < 4.78 is 11.4. The van der Waals surface area contributed by atoms with Crippen molar-refractivity contribution in [3.8, 4) is 0 Å². The predicted molar refractivity (Wildman–Crippen MR) is 82.5 cm³/mol. The second kappa shape index (κ2) is 6.46. The van der Waals surface area contributed by atoms with Gasteiger partial charge >= 0.3 is 0 Å². The van der Waals surface area contributed by atoms with Gasteiger partial charge in [0.15, 0.2) is 0 Å². The molecule has 2 aliphatic heterocycles. The van der Waals surface area contributed by atoms with E-state index in [-0.39, 0.29) is 17.4 Å². The summed E-state index contributed by atoms with van der Waals surface area (Å²) in [7, 11) is 1.74. The van der Waals surface area contributed by atoms with Gasteiger partial charge in [0.2, 0.25) is 5.91 Å². The van der Waals surface area contributed by atoms with E-state index in [1.165, 1.54) is 0 Å². The Morgan fingerprint density at radius 3 is 3.29 bits per heavy atom. The second-order valence-corrected chi connectivity index (χ2v) is 7.15. The fourth-order valence-corrected chi connectivity index (χ4v) is 4.37. The molecule has 1 amide bonds. The minimum atomic E-state index is -0.00361. The Kier molecular flexibility index (Phi) is 4.62. The van der Waals surface area contributed by atoms with E-state index in [0.29, 0.717) is 13.0 Å². The molecule has 0 radical (unpaired) electrons. The lowest BCUT2D eigenvalue weighted by molar-refractivity contribution is -0.161. The minimum absolute atomic E-state index is 0.00361. The molecule has 0 N–H and O–H groups in total. The summed E-state index contributed by atoms with van der Waals surface area (Å²) in [6.45, 7) is 3.11. The molecular formula is C16H23NO3S. The number of rotatable bonds is 4. The number of hydrogen-bond donors (Lipinski definition) is 0. The van der Waals surface area contributed by atoms with Crippen molar-refractivity contribution >= 4 is 17.2 Å². The van der Waals surface area contributed by atoms with Crippen molar-refractivity contribution in [1.82, 2.24) is 4.90 Å². The predicted octanol–water partition coefficient (Wildman–Crippen LogP) is 2.33. The van der Waals surface area contributed by atoms with Gasteiger partial charge in [0.25, 0.3) is 0 Å². The normalized spacial score (nSPS) is 29.2. The summed E-state index contributed by atoms with van der Waals surface area (Å²) in [6.07, 6.45) is 3.85. The van der Waals surface area contributed by atoms with Crippen LogP contribution in [0.15, 0.2) is 17.5 Å². The van der Waals surface area contributed by atoms with Crippen molar-refractivity contribution in [2.75, 3.05) is 33.4 Å². The van der Waals surface area contributed by atoms with E-state index >= 15 is 0 Å². The van der Waals surface area contributed by atoms with Crippen molar-refractivity contribution < 1.29 is 14.3 Å². The maximum atomic E-state index is 12.5. The van der Waals surface area contributed by atoms with E-state index in [1.54, 1.807) is 18.4 Å². The Balaban J connectivity index is 1.69. The summed E-state index contributed by atoms with van der Waals surface area (Å²) in [5.41, 5.74) is -0.00361. The fraction of sp³-hybridized carbons (Fsp3) is 0.688. The van der Waals surface area contributed by atoms with Gasteiger partial charge in [-0.25, -0.2) is 0 Å². The van der Waals surface area contributed by atoms with Gasteiger partial charge in [0.1, 0.15) is 0 Å². The van der Waals surface area contributed by atoms with Crippen LogP contribution in [-0.2, 0) is 20.7 Å². The maximum absolute atomic E-state index is 12.5. The number of hydrogen-bond acceptors (Lipinski definition) is 4. The lowest BCUT2D eigenvalue weighted by Crippen LogP contribution is -2.58. The van der Waals surface area contributed by atoms with Crippen molar-refractivity contribution in [1.29, 1.82) is 0 Å². The number of carbonyl (C=O) groups is 1. The summed E-state index contributed by atoms with van der Waals surface area (Å²) in [5, 5.41) is 2.02. The lowest BCUT2D eigenvalue weighted by atomic mass is 9.73. The summed E-state index contributed by atoms with van der Waals surface area (Å²) in [4.78, 5) is 15.7. The molecule has 0 bridgehead atoms. The van der Waals surface area contributed by atoms with Crippen LogP contribution >= 0.6 is 11.3 Å². The SMILES string of the molecule is COC[C@]12CCCO[C@H]1CCN(C(=O)Cc1cccs1)C2. The van der Waals surface area contributed by atoms with Crippen molar-refractivity contribution in [3.63, 3.8) is 0 Å². The average Bonchev–Trinajstić information content (AvgIpc) is 2.99. The van der Waals surface area contributed by atoms with Gasteiger partial charge in [-0.1, -0.05) is 6.07 Å². The van der Waals surface area contributed by atoms with Crippen LogP contribution in [0.25, 0.3) is 0 Å². The Hall–Kier alpha value is -0.910. The highest BCUT2D eigenvalue weighted by Crippen LogP contribution is 2.40. The van der Waals surface area contributed by atoms with Gasteiger partial charge in [0.05, 0.1) is 19.1 Å². The Bertz CT molecular complexity index is 472. The van der Waals surface area contributed by atoms with Gasteiger partial charge in [0, 0.05) is 37.1 Å². The minimum Gasteiger partial charge on any atom is -0.384 e. The first-order valence-corrected chi connectivity index (χ1v) is 8.52. The average molecular weight is 309 g/mol. The molecule has 3 rings (SSSR count). The van der Waals surface area contributed by atoms with E-state index < -0.39 is 0 Å². The lowest BCUT2D eigenvalue weighted by Gasteiger charge is -2.50. The quantitative estimate of drug-likeness (QED) is 0.857. The van der Waals surface area contributed by atoms with Crippen molar-refractivity contribution in [3.05, 3.63) is 22.4 Å². The van der Waals surface area contributed by atoms with Crippen LogP contribution in [-0.4, -0.2) is 50.3 Å². The number of thiophene rings is 1. The number of methoxy groups -OCH3 is 1. The highest BCUT2D eigenvalue weighted by molar-refractivity contribution is 7.10. The number of nitrogens with zero attached hydrogens (tertiary/aromatic N) is 1. The van der Waals surface area contributed by atoms with E-state index in [9.17, 15) is 4.79 Å². The number of likely N-dealkylation sites (tertiary alicyclic amines) is 1. The molecule has 1 aromatic heterocycles. The van der Waals surface area contributed by atoms with Crippen LogP contribution in [0.4, 0.5) is 0 Å². The van der Waals surface area contributed by atoms with Gasteiger partial charge in [-0.05, 0) is 30.7 Å². The topological polar surface area (TPSA) is 38.8 Å². The monoisotopic (exact) mass is 309 g/mol. The highest BCUT2D eigenvalue weighted by Gasteiger charge is 2.46. The molecule has 116 valence electrons. The molecule has 1 aromatic rings. The summed E-state index contributed by atoms with van der Waals surface area (Å²) in [5.74, 6) is 0.233. The molecular weight excluding hydrogens is 286 g/mol. The van der Waals surface area contributed by atoms with Gasteiger partial charge in [-0.3, -0.25) is 4.79 Å². The molecule has 3 heterocycles. The first-order valence-electron chi connectivity index (χ1n) is 7.64. The fourth-order valence-electron chi connectivity index (χ4n) is 3.68. The molecule has 0 saturated carbocycles. The number of ether oxygens (including phenoxy) is 2. The smallest absolute Gasteiger partial charge is 0.227 e. The molecule has 5 heteroatoms. The van der Waals surface area contributed by atoms with E-state index in [0.717, 1.165) is 43.8 Å². The Morgan fingerprint density at radius 1 is 1.62 bits per heavy atom. The Labute approximate surface area is 130 Å². The van der Waals surface area contributed by atoms with Gasteiger partial charge in [-0.15, -0.1) is 11.3 Å². The standard InChI is InChI=1S/C16H23NO3S/c1-19-12-16-6-3-8-20-14(16)5-7-17(11-16)15(18)10-13-4-2-9-21-13/h2,4,9,14H,3,5-8,10-12H2,1H3/t14-,16+/m0/s1. The van der Waals surface area contributed by atoms with Crippen molar-refractivity contribution in [2.24, 2.45) is 5.41 Å². The molecule has 2 atom stereocenters. The molecule has 2 saturated heterocycles. The first-order chi connectivity index (χ1) is 10.2. The zero-order chi connectivity index (χ0) is 14.7. The first kappa shape index (κ1) is 15.0. The summed E-state index contributed by atoms with van der Waals surface area (Å²) >= 11 is 1.65. The van der Waals surface area contributed by atoms with Gasteiger partial charge < -0.3 is 14.4 Å². The summed E-state index contributed by atoms with van der Waals surface area (Å²) in [6, 6.07) is 4.03. The third kappa shape index (κ3) is 3.15. The zero-order valence-corrected chi connectivity index (χ0v) is 13.4. The number of fused-ring (bicyclic) bond motifs is 1. The number of carbonyl (C=O) groups excluding carboxylic acids is 1. The molecule has 0 spiro atoms. The van der Waals surface area contributed by atoms with Crippen LogP contribution in [0, 0.1) is 5.41 Å². The van der Waals surface area contributed by atoms with Crippen LogP contribution in [0.1, 0.15) is 24.1 Å². The molecule has 0 unspecified atom stereocenters. The van der Waals surface area contributed by atoms with E-state index in [1.807, 2.05) is 22.4 Å². The van der Waals surface area contributed by atoms with E-state index in [4.69, 9.17) is 9.47 Å². The largest absolute Gasteiger partial charge is 0.384 e. The molecule has 0 aromatic carbocycles. The van der Waals surface area contributed by atoms with E-state index in [2.05, 4.69) is 0 Å². The molecule has 21 heavy (non-hydrogen) atoms. The second-order valence-electron chi connectivity index (χ2n) is 6.12. The van der Waals surface area contributed by atoms with Crippen LogP contribution < -0.4 is 0 Å². The van der Waals surface area contributed by atoms with Crippen LogP contribution in [0.3, 0.4) is 0 Å².